The van der Waals surface area contributed by atoms with Gasteiger partial charge in [0.2, 0.25) is 5.91 Å². The van der Waals surface area contributed by atoms with E-state index in [1.165, 1.54) is 12.1 Å². The van der Waals surface area contributed by atoms with Gasteiger partial charge in [-0.05, 0) is 37.0 Å². The molecular weight excluding hydrogens is 267 g/mol. The molecule has 2 nitrogen and oxygen atoms in total. The van der Waals surface area contributed by atoms with Gasteiger partial charge in [0.15, 0.2) is 0 Å². The van der Waals surface area contributed by atoms with Crippen LogP contribution < -0.4 is 5.32 Å². The van der Waals surface area contributed by atoms with Crippen LogP contribution in [0.3, 0.4) is 0 Å². The fraction of sp³-hybridized carbons (Fsp3) is 0.400. The molecule has 0 aliphatic heterocycles. The number of rotatable bonds is 3. The van der Waals surface area contributed by atoms with E-state index in [1.54, 1.807) is 0 Å². The van der Waals surface area contributed by atoms with Gasteiger partial charge >= 0.3 is 6.18 Å². The minimum atomic E-state index is -4.32. The van der Waals surface area contributed by atoms with Crippen molar-refractivity contribution in [1.29, 1.82) is 0 Å². The zero-order chi connectivity index (χ0) is 14.6. The van der Waals surface area contributed by atoms with E-state index in [9.17, 15) is 18.0 Å². The van der Waals surface area contributed by atoms with Crippen molar-refractivity contribution in [3.8, 4) is 0 Å². The molecule has 1 aromatic carbocycles. The summed E-state index contributed by atoms with van der Waals surface area (Å²) in [5.74, 6) is -0.0521. The summed E-state index contributed by atoms with van der Waals surface area (Å²) in [6.07, 6.45) is 2.19. The van der Waals surface area contributed by atoms with E-state index in [0.717, 1.165) is 31.4 Å². The zero-order valence-electron chi connectivity index (χ0n) is 10.9. The minimum Gasteiger partial charge on any atom is -0.352 e. The lowest BCUT2D eigenvalue weighted by molar-refractivity contribution is -0.137. The van der Waals surface area contributed by atoms with Gasteiger partial charge in [-0.15, -0.1) is 0 Å². The third-order valence-electron chi connectivity index (χ3n) is 3.39. The van der Waals surface area contributed by atoms with Gasteiger partial charge in [0.05, 0.1) is 5.56 Å². The van der Waals surface area contributed by atoms with Crippen LogP contribution in [0, 0.1) is 5.92 Å². The first kappa shape index (κ1) is 14.6. The lowest BCUT2D eigenvalue weighted by Crippen LogP contribution is -2.30. The molecule has 108 valence electrons. The second-order valence-electron chi connectivity index (χ2n) is 4.89. The number of hydrogen-bond donors (Lipinski definition) is 1. The Hall–Kier alpha value is -1.78. The summed E-state index contributed by atoms with van der Waals surface area (Å²) in [5.41, 5.74) is -0.0114. The van der Waals surface area contributed by atoms with Crippen molar-refractivity contribution >= 4 is 5.91 Å². The average Bonchev–Trinajstić information content (AvgIpc) is 2.45. The number of hydrogen-bond acceptors (Lipinski definition) is 1. The average molecular weight is 283 g/mol. The summed E-state index contributed by atoms with van der Waals surface area (Å²) < 4.78 is 37.2. The van der Waals surface area contributed by atoms with Crippen molar-refractivity contribution in [2.75, 3.05) is 0 Å². The monoisotopic (exact) mass is 283 g/mol. The topological polar surface area (TPSA) is 29.1 Å². The van der Waals surface area contributed by atoms with Crippen molar-refractivity contribution in [3.05, 3.63) is 47.5 Å². The summed E-state index contributed by atoms with van der Waals surface area (Å²) in [7, 11) is 0. The third kappa shape index (κ3) is 3.85. The van der Waals surface area contributed by atoms with E-state index in [0.29, 0.717) is 5.56 Å². The molecular formula is C15H16F3NO. The maximum absolute atomic E-state index is 12.4. The zero-order valence-corrected chi connectivity index (χ0v) is 10.9. The first-order valence-electron chi connectivity index (χ1n) is 6.55. The molecule has 0 spiro atoms. The number of allylic oxidation sites excluding steroid dienone is 2. The van der Waals surface area contributed by atoms with Gasteiger partial charge in [0.25, 0.3) is 0 Å². The van der Waals surface area contributed by atoms with Gasteiger partial charge in [-0.1, -0.05) is 24.3 Å². The second-order valence-corrected chi connectivity index (χ2v) is 4.89. The van der Waals surface area contributed by atoms with Crippen LogP contribution in [-0.2, 0) is 17.5 Å². The lowest BCUT2D eigenvalue weighted by Gasteiger charge is -2.17. The highest BCUT2D eigenvalue weighted by Gasteiger charge is 2.29. The Balaban J connectivity index is 1.87. The van der Waals surface area contributed by atoms with E-state index in [2.05, 4.69) is 11.4 Å². The SMILES string of the molecule is O=C(NCc1ccc(C(F)(F)F)cc1)C1CC=CCC1. The Morgan fingerprint density at radius 1 is 1.20 bits per heavy atom. The van der Waals surface area contributed by atoms with Crippen molar-refractivity contribution in [2.24, 2.45) is 5.92 Å². The number of carbonyl (C=O) groups excluding carboxylic acids is 1. The summed E-state index contributed by atoms with van der Waals surface area (Å²) in [6, 6.07) is 4.85. The molecule has 1 aromatic rings. The number of halogens is 3. The minimum absolute atomic E-state index is 0.0190. The molecule has 1 amide bonds. The number of alkyl halides is 3. The van der Waals surface area contributed by atoms with E-state index >= 15 is 0 Å². The highest BCUT2D eigenvalue weighted by molar-refractivity contribution is 5.78. The molecule has 0 radical (unpaired) electrons. The maximum atomic E-state index is 12.4. The van der Waals surface area contributed by atoms with E-state index < -0.39 is 11.7 Å². The standard InChI is InChI=1S/C15H16F3NO/c16-15(17,18)13-8-6-11(7-9-13)10-19-14(20)12-4-2-1-3-5-12/h1-2,6-9,12H,3-5,10H2,(H,19,20). The van der Waals surface area contributed by atoms with Crippen molar-refractivity contribution in [2.45, 2.75) is 32.0 Å². The van der Waals surface area contributed by atoms with Gasteiger partial charge < -0.3 is 5.32 Å². The molecule has 1 aliphatic rings. The van der Waals surface area contributed by atoms with Crippen LogP contribution in [0.4, 0.5) is 13.2 Å². The Morgan fingerprint density at radius 2 is 1.90 bits per heavy atom. The van der Waals surface area contributed by atoms with Gasteiger partial charge in [-0.2, -0.15) is 13.2 Å². The summed E-state index contributed by atoms with van der Waals surface area (Å²) >= 11 is 0. The van der Waals surface area contributed by atoms with Gasteiger partial charge in [-0.25, -0.2) is 0 Å². The van der Waals surface area contributed by atoms with E-state index in [1.807, 2.05) is 6.08 Å². The van der Waals surface area contributed by atoms with Gasteiger partial charge in [-0.3, -0.25) is 4.79 Å². The molecule has 5 heteroatoms. The van der Waals surface area contributed by atoms with Crippen LogP contribution in [0.15, 0.2) is 36.4 Å². The summed E-state index contributed by atoms with van der Waals surface area (Å²) in [6.45, 7) is 0.261. The summed E-state index contributed by atoms with van der Waals surface area (Å²) in [4.78, 5) is 11.9. The number of benzene rings is 1. The predicted molar refractivity (Wildman–Crippen MR) is 69.8 cm³/mol. The quantitative estimate of drug-likeness (QED) is 0.842. The van der Waals surface area contributed by atoms with Crippen LogP contribution in [0.1, 0.15) is 30.4 Å². The van der Waals surface area contributed by atoms with E-state index in [-0.39, 0.29) is 18.4 Å². The molecule has 1 atom stereocenters. The molecule has 0 bridgehead atoms. The summed E-state index contributed by atoms with van der Waals surface area (Å²) in [5, 5.41) is 2.77. The molecule has 1 N–H and O–H groups in total. The Morgan fingerprint density at radius 3 is 2.45 bits per heavy atom. The van der Waals surface area contributed by atoms with Crippen molar-refractivity contribution in [1.82, 2.24) is 5.32 Å². The molecule has 0 saturated carbocycles. The molecule has 0 fully saturated rings. The smallest absolute Gasteiger partial charge is 0.352 e. The van der Waals surface area contributed by atoms with Crippen LogP contribution in [0.25, 0.3) is 0 Å². The van der Waals surface area contributed by atoms with Gasteiger partial charge in [0.1, 0.15) is 0 Å². The number of nitrogens with one attached hydrogen (secondary N) is 1. The van der Waals surface area contributed by atoms with Crippen molar-refractivity contribution in [3.63, 3.8) is 0 Å². The van der Waals surface area contributed by atoms with Crippen LogP contribution in [0.2, 0.25) is 0 Å². The largest absolute Gasteiger partial charge is 0.416 e. The van der Waals surface area contributed by atoms with Crippen LogP contribution >= 0.6 is 0 Å². The molecule has 1 unspecified atom stereocenters. The Labute approximate surface area is 115 Å². The highest BCUT2D eigenvalue weighted by Crippen LogP contribution is 2.29. The lowest BCUT2D eigenvalue weighted by atomic mass is 9.93. The van der Waals surface area contributed by atoms with Crippen LogP contribution in [0.5, 0.6) is 0 Å². The first-order chi connectivity index (χ1) is 9.47. The highest BCUT2D eigenvalue weighted by atomic mass is 19.4. The van der Waals surface area contributed by atoms with Crippen LogP contribution in [-0.4, -0.2) is 5.91 Å². The Bertz CT molecular complexity index is 491. The molecule has 2 rings (SSSR count). The third-order valence-corrected chi connectivity index (χ3v) is 3.39. The van der Waals surface area contributed by atoms with E-state index in [4.69, 9.17) is 0 Å². The normalized spacial score (nSPS) is 18.9. The number of amides is 1. The second kappa shape index (κ2) is 6.11. The molecule has 0 heterocycles. The predicted octanol–water partition coefficient (Wildman–Crippen LogP) is 3.68. The van der Waals surface area contributed by atoms with Gasteiger partial charge in [0, 0.05) is 12.5 Å². The molecule has 1 aliphatic carbocycles. The molecule has 0 aromatic heterocycles. The Kier molecular flexibility index (Phi) is 4.47. The molecule has 0 saturated heterocycles. The molecule has 20 heavy (non-hydrogen) atoms. The first-order valence-corrected chi connectivity index (χ1v) is 6.55. The fourth-order valence-electron chi connectivity index (χ4n) is 2.18. The van der Waals surface area contributed by atoms with Crippen molar-refractivity contribution < 1.29 is 18.0 Å². The fourth-order valence-corrected chi connectivity index (χ4v) is 2.18. The maximum Gasteiger partial charge on any atom is 0.416 e. The number of carbonyl (C=O) groups is 1.